The zero-order valence-corrected chi connectivity index (χ0v) is 8.47. The van der Waals surface area contributed by atoms with Crippen LogP contribution in [0.15, 0.2) is 41.5 Å². The van der Waals surface area contributed by atoms with E-state index in [-0.39, 0.29) is 0 Å². The summed E-state index contributed by atoms with van der Waals surface area (Å²) in [7, 11) is 0. The molecule has 0 atom stereocenters. The molecule has 0 spiro atoms. The van der Waals surface area contributed by atoms with Crippen molar-refractivity contribution in [3.05, 3.63) is 42.0 Å². The van der Waals surface area contributed by atoms with Crippen LogP contribution in [0.5, 0.6) is 0 Å². The van der Waals surface area contributed by atoms with Gasteiger partial charge in [0.15, 0.2) is 0 Å². The van der Waals surface area contributed by atoms with Crippen LogP contribution in [0.3, 0.4) is 0 Å². The van der Waals surface area contributed by atoms with Gasteiger partial charge in [-0.05, 0) is 18.6 Å². The second kappa shape index (κ2) is 5.59. The maximum Gasteiger partial charge on any atom is 0.332 e. The molecule has 0 aliphatic rings. The SMILES string of the molecule is CC(/C=C/c1ccccc1)=N\NC(N)=O. The Hall–Kier alpha value is -2.10. The smallest absolute Gasteiger partial charge is 0.332 e. The fourth-order valence-electron chi connectivity index (χ4n) is 0.962. The van der Waals surface area contributed by atoms with E-state index in [1.807, 2.05) is 36.4 Å². The quantitative estimate of drug-likeness (QED) is 0.570. The summed E-state index contributed by atoms with van der Waals surface area (Å²) in [6, 6.07) is 9.15. The van der Waals surface area contributed by atoms with Gasteiger partial charge in [-0.15, -0.1) is 0 Å². The summed E-state index contributed by atoms with van der Waals surface area (Å²) in [4.78, 5) is 10.4. The number of hydrazone groups is 1. The summed E-state index contributed by atoms with van der Waals surface area (Å²) in [5.74, 6) is 0. The number of nitrogens with one attached hydrogen (secondary N) is 1. The minimum atomic E-state index is -0.664. The first kappa shape index (κ1) is 11.0. The standard InChI is InChI=1S/C11H13N3O/c1-9(13-14-11(12)15)7-8-10-5-3-2-4-6-10/h2-8H,1H3,(H3,12,14,15)/b8-7+,13-9+. The van der Waals surface area contributed by atoms with Crippen LogP contribution in [0.25, 0.3) is 6.08 Å². The van der Waals surface area contributed by atoms with Crippen molar-refractivity contribution >= 4 is 17.8 Å². The molecule has 2 amide bonds. The van der Waals surface area contributed by atoms with Crippen LogP contribution in [0.4, 0.5) is 4.79 Å². The number of amides is 2. The Morgan fingerprint density at radius 2 is 2.07 bits per heavy atom. The molecule has 1 rings (SSSR count). The van der Waals surface area contributed by atoms with E-state index in [1.165, 1.54) is 0 Å². The molecule has 0 radical (unpaired) electrons. The third-order valence-electron chi connectivity index (χ3n) is 1.66. The van der Waals surface area contributed by atoms with Crippen LogP contribution in [0.1, 0.15) is 12.5 Å². The van der Waals surface area contributed by atoms with Gasteiger partial charge in [-0.1, -0.05) is 36.4 Å². The maximum absolute atomic E-state index is 10.4. The first-order chi connectivity index (χ1) is 7.18. The Balaban J connectivity index is 2.58. The Morgan fingerprint density at radius 1 is 1.40 bits per heavy atom. The maximum atomic E-state index is 10.4. The summed E-state index contributed by atoms with van der Waals surface area (Å²) in [6.07, 6.45) is 3.70. The van der Waals surface area contributed by atoms with Gasteiger partial charge in [0, 0.05) is 0 Å². The third kappa shape index (κ3) is 4.61. The molecule has 0 saturated carbocycles. The van der Waals surface area contributed by atoms with E-state index >= 15 is 0 Å². The van der Waals surface area contributed by atoms with Gasteiger partial charge in [0.1, 0.15) is 0 Å². The minimum absolute atomic E-state index is 0.664. The lowest BCUT2D eigenvalue weighted by molar-refractivity contribution is 0.249. The Bertz CT molecular complexity index is 382. The lowest BCUT2D eigenvalue weighted by Crippen LogP contribution is -2.25. The lowest BCUT2D eigenvalue weighted by Gasteiger charge is -1.94. The highest BCUT2D eigenvalue weighted by Crippen LogP contribution is 2.00. The first-order valence-electron chi connectivity index (χ1n) is 4.51. The van der Waals surface area contributed by atoms with Gasteiger partial charge in [0.2, 0.25) is 0 Å². The van der Waals surface area contributed by atoms with Gasteiger partial charge in [-0.2, -0.15) is 5.10 Å². The predicted octanol–water partition coefficient (Wildman–Crippen LogP) is 1.74. The van der Waals surface area contributed by atoms with E-state index in [0.29, 0.717) is 5.71 Å². The molecule has 0 aromatic heterocycles. The average Bonchev–Trinajstić information content (AvgIpc) is 2.25. The summed E-state index contributed by atoms with van der Waals surface area (Å²) >= 11 is 0. The fraction of sp³-hybridized carbons (Fsp3) is 0.0909. The highest BCUT2D eigenvalue weighted by molar-refractivity contribution is 5.96. The molecule has 0 aliphatic carbocycles. The number of primary amides is 1. The molecule has 3 N–H and O–H groups in total. The van der Waals surface area contributed by atoms with Gasteiger partial charge in [0.25, 0.3) is 0 Å². The monoisotopic (exact) mass is 203 g/mol. The van der Waals surface area contributed by atoms with Gasteiger partial charge in [0.05, 0.1) is 5.71 Å². The van der Waals surface area contributed by atoms with Crippen molar-refractivity contribution in [2.45, 2.75) is 6.92 Å². The van der Waals surface area contributed by atoms with Crippen LogP contribution >= 0.6 is 0 Å². The number of urea groups is 1. The van der Waals surface area contributed by atoms with Gasteiger partial charge >= 0.3 is 6.03 Å². The highest BCUT2D eigenvalue weighted by atomic mass is 16.2. The number of rotatable bonds is 3. The molecule has 1 aromatic carbocycles. The van der Waals surface area contributed by atoms with Gasteiger partial charge < -0.3 is 5.73 Å². The molecular formula is C11H13N3O. The molecular weight excluding hydrogens is 190 g/mol. The fourth-order valence-corrected chi connectivity index (χ4v) is 0.962. The number of allylic oxidation sites excluding steroid dienone is 1. The topological polar surface area (TPSA) is 67.5 Å². The van der Waals surface area contributed by atoms with Crippen LogP contribution < -0.4 is 11.2 Å². The average molecular weight is 203 g/mol. The first-order valence-corrected chi connectivity index (χ1v) is 4.51. The van der Waals surface area contributed by atoms with E-state index in [9.17, 15) is 4.79 Å². The normalized spacial score (nSPS) is 11.7. The van der Waals surface area contributed by atoms with Crippen molar-refractivity contribution in [1.29, 1.82) is 0 Å². The highest BCUT2D eigenvalue weighted by Gasteiger charge is 1.88. The summed E-state index contributed by atoms with van der Waals surface area (Å²) in [5, 5.41) is 3.74. The summed E-state index contributed by atoms with van der Waals surface area (Å²) in [6.45, 7) is 1.77. The number of carbonyl (C=O) groups is 1. The number of nitrogens with zero attached hydrogens (tertiary/aromatic N) is 1. The molecule has 78 valence electrons. The Kier molecular flexibility index (Phi) is 4.09. The van der Waals surface area contributed by atoms with Crippen molar-refractivity contribution in [2.75, 3.05) is 0 Å². The van der Waals surface area contributed by atoms with Crippen molar-refractivity contribution in [3.8, 4) is 0 Å². The molecule has 15 heavy (non-hydrogen) atoms. The molecule has 0 saturated heterocycles. The molecule has 0 aliphatic heterocycles. The van der Waals surface area contributed by atoms with Crippen LogP contribution in [0, 0.1) is 0 Å². The molecule has 0 fully saturated rings. The second-order valence-corrected chi connectivity index (χ2v) is 2.97. The largest absolute Gasteiger partial charge is 0.350 e. The van der Waals surface area contributed by atoms with Crippen LogP contribution in [-0.4, -0.2) is 11.7 Å². The summed E-state index contributed by atoms with van der Waals surface area (Å²) < 4.78 is 0. The molecule has 0 unspecified atom stereocenters. The van der Waals surface area contributed by atoms with Crippen molar-refractivity contribution in [1.82, 2.24) is 5.43 Å². The number of benzene rings is 1. The van der Waals surface area contributed by atoms with E-state index in [0.717, 1.165) is 5.56 Å². The lowest BCUT2D eigenvalue weighted by atomic mass is 10.2. The molecule has 0 heterocycles. The van der Waals surface area contributed by atoms with E-state index in [4.69, 9.17) is 5.73 Å². The zero-order chi connectivity index (χ0) is 11.1. The van der Waals surface area contributed by atoms with Crippen molar-refractivity contribution in [2.24, 2.45) is 10.8 Å². The zero-order valence-electron chi connectivity index (χ0n) is 8.47. The number of hydrogen-bond acceptors (Lipinski definition) is 2. The van der Waals surface area contributed by atoms with Gasteiger partial charge in [-0.3, -0.25) is 0 Å². The molecule has 4 heteroatoms. The van der Waals surface area contributed by atoms with Crippen LogP contribution in [0.2, 0.25) is 0 Å². The molecule has 0 bridgehead atoms. The van der Waals surface area contributed by atoms with Crippen molar-refractivity contribution < 1.29 is 4.79 Å². The van der Waals surface area contributed by atoms with Crippen molar-refractivity contribution in [3.63, 3.8) is 0 Å². The van der Waals surface area contributed by atoms with E-state index < -0.39 is 6.03 Å². The van der Waals surface area contributed by atoms with E-state index in [1.54, 1.807) is 13.0 Å². The minimum Gasteiger partial charge on any atom is -0.350 e. The predicted molar refractivity (Wildman–Crippen MR) is 61.3 cm³/mol. The number of hydrogen-bond donors (Lipinski definition) is 2. The molecule has 4 nitrogen and oxygen atoms in total. The van der Waals surface area contributed by atoms with Crippen LogP contribution in [-0.2, 0) is 0 Å². The number of nitrogens with two attached hydrogens (primary N) is 1. The summed E-state index contributed by atoms with van der Waals surface area (Å²) in [5.41, 5.74) is 8.78. The Morgan fingerprint density at radius 3 is 2.67 bits per heavy atom. The Labute approximate surface area is 88.5 Å². The number of carbonyl (C=O) groups excluding carboxylic acids is 1. The van der Waals surface area contributed by atoms with Gasteiger partial charge in [-0.25, -0.2) is 10.2 Å². The molecule has 1 aromatic rings. The van der Waals surface area contributed by atoms with E-state index in [2.05, 4.69) is 10.5 Å². The second-order valence-electron chi connectivity index (χ2n) is 2.97. The third-order valence-corrected chi connectivity index (χ3v) is 1.66.